The molecule has 4 rings (SSSR count). The van der Waals surface area contributed by atoms with Gasteiger partial charge in [0.05, 0.1) is 29.2 Å². The second-order valence-electron chi connectivity index (χ2n) is 7.55. The summed E-state index contributed by atoms with van der Waals surface area (Å²) in [6, 6.07) is 9.69. The van der Waals surface area contributed by atoms with Crippen molar-refractivity contribution in [1.82, 2.24) is 15.0 Å². The number of carbonyl (C=O) groups is 1. The van der Waals surface area contributed by atoms with Crippen LogP contribution in [0.15, 0.2) is 48.9 Å². The van der Waals surface area contributed by atoms with E-state index in [1.54, 1.807) is 12.4 Å². The van der Waals surface area contributed by atoms with Crippen molar-refractivity contribution in [2.75, 3.05) is 10.6 Å². The molecule has 2 aromatic heterocycles. The van der Waals surface area contributed by atoms with E-state index in [4.69, 9.17) is 4.98 Å². The first kappa shape index (κ1) is 19.1. The molecule has 6 heteroatoms. The number of benzene rings is 1. The molecule has 1 aromatic carbocycles. The van der Waals surface area contributed by atoms with Crippen LogP contribution in [0.25, 0.3) is 0 Å². The van der Waals surface area contributed by atoms with Crippen molar-refractivity contribution in [3.63, 3.8) is 0 Å². The molecule has 0 saturated heterocycles. The number of hydrogen-bond donors (Lipinski definition) is 2. The Hall–Kier alpha value is -3.28. The second kappa shape index (κ2) is 8.39. The van der Waals surface area contributed by atoms with E-state index in [2.05, 4.69) is 27.5 Å². The van der Waals surface area contributed by atoms with Gasteiger partial charge in [0.25, 0.3) is 5.91 Å². The Kier molecular flexibility index (Phi) is 5.51. The second-order valence-corrected chi connectivity index (χ2v) is 7.55. The van der Waals surface area contributed by atoms with Gasteiger partial charge in [-0.3, -0.25) is 14.8 Å². The zero-order valence-corrected chi connectivity index (χ0v) is 16.8. The van der Waals surface area contributed by atoms with Crippen molar-refractivity contribution < 1.29 is 4.79 Å². The predicted molar refractivity (Wildman–Crippen MR) is 114 cm³/mol. The van der Waals surface area contributed by atoms with Gasteiger partial charge in [-0.1, -0.05) is 12.1 Å². The van der Waals surface area contributed by atoms with Crippen molar-refractivity contribution in [3.8, 4) is 0 Å². The molecule has 0 bridgehead atoms. The Morgan fingerprint density at radius 2 is 1.90 bits per heavy atom. The van der Waals surface area contributed by atoms with Crippen LogP contribution in [0.3, 0.4) is 0 Å². The molecule has 6 nitrogen and oxygen atoms in total. The maximum Gasteiger partial charge on any atom is 0.257 e. The van der Waals surface area contributed by atoms with Crippen LogP contribution in [0.1, 0.15) is 58.7 Å². The predicted octanol–water partition coefficient (Wildman–Crippen LogP) is 4.48. The van der Waals surface area contributed by atoms with Gasteiger partial charge in [0.2, 0.25) is 0 Å². The van der Waals surface area contributed by atoms with Crippen LogP contribution in [0.2, 0.25) is 0 Å². The first-order valence-electron chi connectivity index (χ1n) is 10.0. The van der Waals surface area contributed by atoms with Gasteiger partial charge in [0.1, 0.15) is 5.82 Å². The van der Waals surface area contributed by atoms with E-state index in [9.17, 15) is 4.79 Å². The highest BCUT2D eigenvalue weighted by atomic mass is 16.1. The lowest BCUT2D eigenvalue weighted by atomic mass is 10.0. The molecule has 1 aliphatic carbocycles. The average molecular weight is 387 g/mol. The summed E-state index contributed by atoms with van der Waals surface area (Å²) in [6.45, 7) is 3.99. The fraction of sp³-hybridized carbons (Fsp3) is 0.304. The van der Waals surface area contributed by atoms with E-state index in [-0.39, 0.29) is 11.9 Å². The standard InChI is InChI=1S/C23H25N5O/c1-15-10-18(13-24-12-15)23(29)27-19-7-5-6-17(11-19)16(2)26-22-14-25-20-8-3-4-9-21(20)28-22/h5-7,10-14,16H,3-4,8-9H2,1-2H3,(H,26,28)(H,27,29)/t16-/m0/s1. The number of anilines is 2. The third-order valence-corrected chi connectivity index (χ3v) is 5.15. The van der Waals surface area contributed by atoms with Gasteiger partial charge in [0, 0.05) is 18.1 Å². The third kappa shape index (κ3) is 4.59. The monoisotopic (exact) mass is 387 g/mol. The van der Waals surface area contributed by atoms with Gasteiger partial charge in [-0.2, -0.15) is 0 Å². The molecule has 0 unspecified atom stereocenters. The van der Waals surface area contributed by atoms with Gasteiger partial charge in [-0.25, -0.2) is 4.98 Å². The number of aryl methyl sites for hydroxylation is 3. The first-order valence-corrected chi connectivity index (χ1v) is 10.0. The molecule has 0 fully saturated rings. The molecule has 148 valence electrons. The van der Waals surface area contributed by atoms with E-state index in [1.807, 2.05) is 43.5 Å². The zero-order valence-electron chi connectivity index (χ0n) is 16.8. The normalized spacial score (nSPS) is 14.0. The summed E-state index contributed by atoms with van der Waals surface area (Å²) in [4.78, 5) is 25.9. The molecule has 1 amide bonds. The lowest BCUT2D eigenvalue weighted by Crippen LogP contribution is -2.14. The molecule has 0 radical (unpaired) electrons. The fourth-order valence-electron chi connectivity index (χ4n) is 3.59. The third-order valence-electron chi connectivity index (χ3n) is 5.15. The molecule has 0 aliphatic heterocycles. The fourth-order valence-corrected chi connectivity index (χ4v) is 3.59. The minimum absolute atomic E-state index is 0.0310. The summed E-state index contributed by atoms with van der Waals surface area (Å²) < 4.78 is 0. The van der Waals surface area contributed by atoms with Crippen molar-refractivity contribution >= 4 is 17.4 Å². The molecule has 0 saturated carbocycles. The summed E-state index contributed by atoms with van der Waals surface area (Å²) in [5, 5.41) is 6.38. The van der Waals surface area contributed by atoms with Crippen LogP contribution < -0.4 is 10.6 Å². The first-order chi connectivity index (χ1) is 14.1. The van der Waals surface area contributed by atoms with Crippen LogP contribution in [0, 0.1) is 6.92 Å². The highest BCUT2D eigenvalue weighted by Gasteiger charge is 2.14. The van der Waals surface area contributed by atoms with Gasteiger partial charge in [-0.15, -0.1) is 0 Å². The summed E-state index contributed by atoms with van der Waals surface area (Å²) in [5.74, 6) is 0.623. The molecular weight excluding hydrogens is 362 g/mol. The van der Waals surface area contributed by atoms with Crippen molar-refractivity contribution in [3.05, 3.63) is 77.0 Å². The maximum atomic E-state index is 12.5. The minimum atomic E-state index is -0.167. The van der Waals surface area contributed by atoms with E-state index < -0.39 is 0 Å². The van der Waals surface area contributed by atoms with Crippen LogP contribution in [0.5, 0.6) is 0 Å². The number of aromatic nitrogens is 3. The number of nitrogens with zero attached hydrogens (tertiary/aromatic N) is 3. The largest absolute Gasteiger partial charge is 0.362 e. The number of amides is 1. The lowest BCUT2D eigenvalue weighted by molar-refractivity contribution is 0.102. The van der Waals surface area contributed by atoms with E-state index >= 15 is 0 Å². The number of nitrogens with one attached hydrogen (secondary N) is 2. The highest BCUT2D eigenvalue weighted by molar-refractivity contribution is 6.04. The Morgan fingerprint density at radius 3 is 2.72 bits per heavy atom. The van der Waals surface area contributed by atoms with Gasteiger partial charge < -0.3 is 10.6 Å². The number of rotatable bonds is 5. The zero-order chi connectivity index (χ0) is 20.2. The number of carbonyl (C=O) groups excluding carboxylic acids is 1. The highest BCUT2D eigenvalue weighted by Crippen LogP contribution is 2.23. The molecule has 29 heavy (non-hydrogen) atoms. The van der Waals surface area contributed by atoms with E-state index in [0.29, 0.717) is 5.56 Å². The molecule has 2 N–H and O–H groups in total. The van der Waals surface area contributed by atoms with Gasteiger partial charge >= 0.3 is 0 Å². The average Bonchev–Trinajstić information content (AvgIpc) is 2.74. The summed E-state index contributed by atoms with van der Waals surface area (Å²) in [5.41, 5.74) is 5.55. The van der Waals surface area contributed by atoms with Crippen molar-refractivity contribution in [2.24, 2.45) is 0 Å². The molecule has 1 atom stereocenters. The molecule has 2 heterocycles. The minimum Gasteiger partial charge on any atom is -0.362 e. The Bertz CT molecular complexity index is 1030. The van der Waals surface area contributed by atoms with E-state index in [1.165, 1.54) is 12.8 Å². The Labute approximate surface area is 170 Å². The Morgan fingerprint density at radius 1 is 1.07 bits per heavy atom. The van der Waals surface area contributed by atoms with Crippen molar-refractivity contribution in [1.29, 1.82) is 0 Å². The molecule has 3 aromatic rings. The molecule has 0 spiro atoms. The number of pyridine rings is 1. The number of hydrogen-bond acceptors (Lipinski definition) is 5. The molecular formula is C23H25N5O. The lowest BCUT2D eigenvalue weighted by Gasteiger charge is -2.19. The summed E-state index contributed by atoms with van der Waals surface area (Å²) in [7, 11) is 0. The summed E-state index contributed by atoms with van der Waals surface area (Å²) in [6.07, 6.45) is 9.52. The topological polar surface area (TPSA) is 79.8 Å². The number of fused-ring (bicyclic) bond motifs is 1. The van der Waals surface area contributed by atoms with Gasteiger partial charge in [-0.05, 0) is 68.9 Å². The SMILES string of the molecule is Cc1cncc(C(=O)Nc2cccc([C@H](C)Nc3cnc4c(n3)CCCC4)c2)c1. The smallest absolute Gasteiger partial charge is 0.257 e. The van der Waals surface area contributed by atoms with Crippen LogP contribution in [0.4, 0.5) is 11.5 Å². The van der Waals surface area contributed by atoms with Crippen molar-refractivity contribution in [2.45, 2.75) is 45.6 Å². The maximum absolute atomic E-state index is 12.5. The van der Waals surface area contributed by atoms with Crippen LogP contribution in [-0.2, 0) is 12.8 Å². The quantitative estimate of drug-likeness (QED) is 0.674. The van der Waals surface area contributed by atoms with Crippen LogP contribution >= 0.6 is 0 Å². The molecule has 1 aliphatic rings. The van der Waals surface area contributed by atoms with E-state index in [0.717, 1.165) is 46.9 Å². The van der Waals surface area contributed by atoms with Gasteiger partial charge in [0.15, 0.2) is 0 Å². The summed E-state index contributed by atoms with van der Waals surface area (Å²) >= 11 is 0. The van der Waals surface area contributed by atoms with Crippen LogP contribution in [-0.4, -0.2) is 20.9 Å². The Balaban J connectivity index is 1.46.